The van der Waals surface area contributed by atoms with Crippen LogP contribution in [0.25, 0.3) is 0 Å². The van der Waals surface area contributed by atoms with Gasteiger partial charge >= 0.3 is 5.97 Å². The van der Waals surface area contributed by atoms with Crippen molar-refractivity contribution in [2.45, 2.75) is 26.7 Å². The number of nitrogens with one attached hydrogen (secondary N) is 1. The van der Waals surface area contributed by atoms with Crippen LogP contribution in [-0.2, 0) is 25.5 Å². The van der Waals surface area contributed by atoms with E-state index in [1.54, 1.807) is 4.90 Å². The van der Waals surface area contributed by atoms with Crippen LogP contribution >= 0.6 is 0 Å². The fourth-order valence-corrected chi connectivity index (χ4v) is 2.21. The topological polar surface area (TPSA) is 84.9 Å². The maximum absolute atomic E-state index is 12.5. The lowest BCUT2D eigenvalue weighted by atomic mass is 10.1. The van der Waals surface area contributed by atoms with Gasteiger partial charge in [-0.05, 0) is 24.6 Å². The Morgan fingerprint density at radius 3 is 2.36 bits per heavy atom. The van der Waals surface area contributed by atoms with Gasteiger partial charge in [0.15, 0.2) is 0 Å². The van der Waals surface area contributed by atoms with E-state index in [0.29, 0.717) is 19.7 Å². The van der Waals surface area contributed by atoms with Crippen LogP contribution in [0.4, 0.5) is 0 Å². The Balaban J connectivity index is 2.65. The van der Waals surface area contributed by atoms with E-state index in [-0.39, 0.29) is 37.2 Å². The van der Waals surface area contributed by atoms with Crippen LogP contribution in [0.3, 0.4) is 0 Å². The molecule has 0 spiro atoms. The molecular weight excluding hydrogens is 324 g/mol. The Bertz CT molecular complexity index is 571. The number of hydrogen-bond acceptors (Lipinski definition) is 5. The van der Waals surface area contributed by atoms with E-state index in [2.05, 4.69) is 10.1 Å². The molecule has 0 radical (unpaired) electrons. The van der Waals surface area contributed by atoms with Gasteiger partial charge in [-0.15, -0.1) is 0 Å². The first-order valence-electron chi connectivity index (χ1n) is 8.27. The van der Waals surface area contributed by atoms with Gasteiger partial charge in [0.25, 0.3) is 0 Å². The van der Waals surface area contributed by atoms with E-state index in [1.165, 1.54) is 14.0 Å². The summed E-state index contributed by atoms with van der Waals surface area (Å²) < 4.78 is 10.00. The molecule has 0 bridgehead atoms. The zero-order valence-electron chi connectivity index (χ0n) is 15.0. The Labute approximate surface area is 148 Å². The highest BCUT2D eigenvalue weighted by atomic mass is 16.5. The van der Waals surface area contributed by atoms with E-state index in [9.17, 15) is 14.4 Å². The van der Waals surface area contributed by atoms with Crippen LogP contribution < -0.4 is 10.1 Å². The number of hydrogen-bond donors (Lipinski definition) is 1. The summed E-state index contributed by atoms with van der Waals surface area (Å²) in [6, 6.07) is 7.33. The highest BCUT2D eigenvalue weighted by Gasteiger charge is 2.16. The summed E-state index contributed by atoms with van der Waals surface area (Å²) in [5, 5.41) is 2.65. The summed E-state index contributed by atoms with van der Waals surface area (Å²) in [4.78, 5) is 36.4. The maximum Gasteiger partial charge on any atom is 0.307 e. The largest absolute Gasteiger partial charge is 0.494 e. The Kier molecular flexibility index (Phi) is 9.06. The first-order chi connectivity index (χ1) is 12.0. The van der Waals surface area contributed by atoms with Crippen LogP contribution in [-0.4, -0.2) is 56.0 Å². The number of esters is 1. The summed E-state index contributed by atoms with van der Waals surface area (Å²) in [7, 11) is 1.31. The molecule has 0 aliphatic rings. The van der Waals surface area contributed by atoms with E-state index >= 15 is 0 Å². The summed E-state index contributed by atoms with van der Waals surface area (Å²) in [6.07, 6.45) is 0.333. The molecule has 138 valence electrons. The van der Waals surface area contributed by atoms with Crippen molar-refractivity contribution in [1.29, 1.82) is 0 Å². The second-order valence-corrected chi connectivity index (χ2v) is 5.44. The molecule has 0 atom stereocenters. The van der Waals surface area contributed by atoms with Gasteiger partial charge in [0, 0.05) is 26.6 Å². The van der Waals surface area contributed by atoms with Gasteiger partial charge in [-0.25, -0.2) is 0 Å². The zero-order valence-corrected chi connectivity index (χ0v) is 15.0. The van der Waals surface area contributed by atoms with Gasteiger partial charge in [-0.2, -0.15) is 0 Å². The van der Waals surface area contributed by atoms with Gasteiger partial charge in [0.2, 0.25) is 11.8 Å². The predicted octanol–water partition coefficient (Wildman–Crippen LogP) is 1.16. The standard InChI is InChI=1S/C18H26N2O5/c1-4-25-16-7-5-15(6-8-16)13-17(22)20(11-9-18(23)24-3)12-10-19-14(2)21/h5-8H,4,9-13H2,1-3H3,(H,19,21). The van der Waals surface area contributed by atoms with Gasteiger partial charge in [0.1, 0.15) is 5.75 Å². The minimum atomic E-state index is -0.376. The molecule has 0 aromatic heterocycles. The molecule has 25 heavy (non-hydrogen) atoms. The Hall–Kier alpha value is -2.57. The lowest BCUT2D eigenvalue weighted by Crippen LogP contribution is -2.40. The summed E-state index contributed by atoms with van der Waals surface area (Å²) in [5.74, 6) is 0.107. The van der Waals surface area contributed by atoms with Crippen molar-refractivity contribution in [1.82, 2.24) is 10.2 Å². The zero-order chi connectivity index (χ0) is 18.7. The first kappa shape index (κ1) is 20.5. The molecule has 2 amide bonds. The second kappa shape index (κ2) is 11.1. The van der Waals surface area contributed by atoms with Crippen molar-refractivity contribution in [3.8, 4) is 5.75 Å². The molecule has 0 saturated heterocycles. The van der Waals surface area contributed by atoms with Crippen LogP contribution in [0.2, 0.25) is 0 Å². The van der Waals surface area contributed by atoms with Crippen molar-refractivity contribution in [2.75, 3.05) is 33.4 Å². The number of nitrogens with zero attached hydrogens (tertiary/aromatic N) is 1. The van der Waals surface area contributed by atoms with E-state index < -0.39 is 0 Å². The monoisotopic (exact) mass is 350 g/mol. The quantitative estimate of drug-likeness (QED) is 0.640. The molecule has 0 aliphatic carbocycles. The molecule has 0 fully saturated rings. The third kappa shape index (κ3) is 8.19. The maximum atomic E-state index is 12.5. The molecule has 0 heterocycles. The number of amides is 2. The number of rotatable bonds is 10. The smallest absolute Gasteiger partial charge is 0.307 e. The van der Waals surface area contributed by atoms with E-state index in [4.69, 9.17) is 4.74 Å². The van der Waals surface area contributed by atoms with Gasteiger partial charge in [-0.3, -0.25) is 14.4 Å². The highest BCUT2D eigenvalue weighted by Crippen LogP contribution is 2.13. The van der Waals surface area contributed by atoms with E-state index in [1.807, 2.05) is 31.2 Å². The average Bonchev–Trinajstić information content (AvgIpc) is 2.59. The fourth-order valence-electron chi connectivity index (χ4n) is 2.21. The number of benzene rings is 1. The molecular formula is C18H26N2O5. The molecule has 1 aromatic rings. The van der Waals surface area contributed by atoms with Crippen LogP contribution in [0.5, 0.6) is 5.75 Å². The molecule has 1 N–H and O–H groups in total. The van der Waals surface area contributed by atoms with Gasteiger partial charge in [-0.1, -0.05) is 12.1 Å². The molecule has 0 unspecified atom stereocenters. The molecule has 1 rings (SSSR count). The average molecular weight is 350 g/mol. The van der Waals surface area contributed by atoms with Crippen molar-refractivity contribution in [3.05, 3.63) is 29.8 Å². The molecule has 0 saturated carbocycles. The second-order valence-electron chi connectivity index (χ2n) is 5.44. The molecule has 7 nitrogen and oxygen atoms in total. The number of methoxy groups -OCH3 is 1. The minimum absolute atomic E-state index is 0.113. The normalized spacial score (nSPS) is 10.0. The van der Waals surface area contributed by atoms with Gasteiger partial charge < -0.3 is 19.7 Å². The van der Waals surface area contributed by atoms with Crippen LogP contribution in [0.1, 0.15) is 25.8 Å². The van der Waals surface area contributed by atoms with Crippen LogP contribution in [0.15, 0.2) is 24.3 Å². The Morgan fingerprint density at radius 1 is 1.12 bits per heavy atom. The van der Waals surface area contributed by atoms with Crippen molar-refractivity contribution in [2.24, 2.45) is 0 Å². The predicted molar refractivity (Wildman–Crippen MR) is 93.2 cm³/mol. The molecule has 1 aromatic carbocycles. The Morgan fingerprint density at radius 2 is 1.80 bits per heavy atom. The number of ether oxygens (including phenoxy) is 2. The van der Waals surface area contributed by atoms with Crippen molar-refractivity contribution >= 4 is 17.8 Å². The molecule has 0 aliphatic heterocycles. The lowest BCUT2D eigenvalue weighted by Gasteiger charge is -2.22. The fraction of sp³-hybridized carbons (Fsp3) is 0.500. The number of carbonyl (C=O) groups is 3. The highest BCUT2D eigenvalue weighted by molar-refractivity contribution is 5.79. The summed E-state index contributed by atoms with van der Waals surface area (Å²) >= 11 is 0. The third-order valence-electron chi connectivity index (χ3n) is 3.51. The van der Waals surface area contributed by atoms with E-state index in [0.717, 1.165) is 11.3 Å². The first-order valence-corrected chi connectivity index (χ1v) is 8.27. The molecule has 7 heteroatoms. The summed E-state index contributed by atoms with van der Waals surface area (Å²) in [6.45, 7) is 4.84. The summed E-state index contributed by atoms with van der Waals surface area (Å²) in [5.41, 5.74) is 0.857. The van der Waals surface area contributed by atoms with Crippen molar-refractivity contribution < 1.29 is 23.9 Å². The lowest BCUT2D eigenvalue weighted by molar-refractivity contribution is -0.141. The van der Waals surface area contributed by atoms with Crippen LogP contribution in [0, 0.1) is 0 Å². The SMILES string of the molecule is CCOc1ccc(CC(=O)N(CCNC(C)=O)CCC(=O)OC)cc1. The number of carbonyl (C=O) groups excluding carboxylic acids is 3. The van der Waals surface area contributed by atoms with Gasteiger partial charge in [0.05, 0.1) is 26.6 Å². The third-order valence-corrected chi connectivity index (χ3v) is 3.51. The minimum Gasteiger partial charge on any atom is -0.494 e. The van der Waals surface area contributed by atoms with Crippen molar-refractivity contribution in [3.63, 3.8) is 0 Å².